The van der Waals surface area contributed by atoms with Crippen molar-refractivity contribution in [3.8, 4) is 0 Å². The third kappa shape index (κ3) is 46.3. The van der Waals surface area contributed by atoms with Crippen molar-refractivity contribution in [1.29, 1.82) is 0 Å². The Bertz CT molecular complexity index is 622. The van der Waals surface area contributed by atoms with Crippen molar-refractivity contribution in [3.63, 3.8) is 0 Å². The summed E-state index contributed by atoms with van der Waals surface area (Å²) in [7, 11) is 0. The number of rotatable bonds is 32. The predicted octanol–water partition coefficient (Wildman–Crippen LogP) is 10.3. The Morgan fingerprint density at radius 2 is 0.432 bits per heavy atom. The molecule has 8 heteroatoms. The minimum Gasteiger partial charge on any atom is -0.481 e. The molecule has 0 fully saturated rings. The van der Waals surface area contributed by atoms with E-state index in [9.17, 15) is 19.2 Å². The monoisotopic (exact) mass is 624 g/mol. The molecule has 0 saturated carbocycles. The van der Waals surface area contributed by atoms with Gasteiger partial charge in [0.25, 0.3) is 0 Å². The molecule has 0 radical (unpaired) electrons. The topological polar surface area (TPSA) is 149 Å². The molecule has 0 amide bonds. The summed E-state index contributed by atoms with van der Waals surface area (Å²) in [6, 6.07) is 0. The van der Waals surface area contributed by atoms with Gasteiger partial charge in [-0.25, -0.2) is 0 Å². The molecule has 0 bridgehead atoms. The molecule has 0 rings (SSSR count). The van der Waals surface area contributed by atoms with Crippen molar-refractivity contribution < 1.29 is 39.6 Å². The maximum absolute atomic E-state index is 10.3. The van der Waals surface area contributed by atoms with E-state index in [1.54, 1.807) is 0 Å². The Balaban J connectivity index is 0. The van der Waals surface area contributed by atoms with Crippen molar-refractivity contribution in [3.05, 3.63) is 24.3 Å². The molecule has 44 heavy (non-hydrogen) atoms. The van der Waals surface area contributed by atoms with Crippen LogP contribution in [0.2, 0.25) is 0 Å². The summed E-state index contributed by atoms with van der Waals surface area (Å²) in [6.45, 7) is 0. The summed E-state index contributed by atoms with van der Waals surface area (Å²) in [5.41, 5.74) is 0. The smallest absolute Gasteiger partial charge is 0.303 e. The lowest BCUT2D eigenvalue weighted by molar-refractivity contribution is -0.138. The Hall–Kier alpha value is -2.64. The average Bonchev–Trinajstić information content (AvgIpc) is 2.96. The van der Waals surface area contributed by atoms with Crippen LogP contribution in [0.3, 0.4) is 0 Å². The van der Waals surface area contributed by atoms with Crippen LogP contribution >= 0.6 is 0 Å². The highest BCUT2D eigenvalue weighted by molar-refractivity contribution is 5.67. The largest absolute Gasteiger partial charge is 0.481 e. The molecule has 0 aliphatic rings. The summed E-state index contributed by atoms with van der Waals surface area (Å²) in [5.74, 6) is -2.76. The summed E-state index contributed by atoms with van der Waals surface area (Å²) < 4.78 is 0. The van der Waals surface area contributed by atoms with E-state index in [0.717, 1.165) is 103 Å². The maximum atomic E-state index is 10.3. The van der Waals surface area contributed by atoms with E-state index in [2.05, 4.69) is 24.3 Å². The fourth-order valence-corrected chi connectivity index (χ4v) is 4.75. The lowest BCUT2D eigenvalue weighted by atomic mass is 10.1. The number of hydrogen-bond acceptors (Lipinski definition) is 4. The molecule has 0 aromatic heterocycles. The van der Waals surface area contributed by atoms with Crippen molar-refractivity contribution in [2.45, 2.75) is 180 Å². The van der Waals surface area contributed by atoms with Gasteiger partial charge in [-0.2, -0.15) is 0 Å². The van der Waals surface area contributed by atoms with E-state index in [1.807, 2.05) is 0 Å². The maximum Gasteiger partial charge on any atom is 0.303 e. The Kier molecular flexibility index (Phi) is 36.1. The molecule has 0 spiro atoms. The average molecular weight is 625 g/mol. The number of carboxylic acid groups (broad SMARTS) is 4. The van der Waals surface area contributed by atoms with Crippen LogP contribution in [0, 0.1) is 0 Å². The van der Waals surface area contributed by atoms with Crippen molar-refractivity contribution >= 4 is 23.9 Å². The third-order valence-electron chi connectivity index (χ3n) is 7.38. The zero-order chi connectivity index (χ0) is 32.9. The number of hydrogen-bond donors (Lipinski definition) is 4. The zero-order valence-corrected chi connectivity index (χ0v) is 27.5. The summed E-state index contributed by atoms with van der Waals surface area (Å²) in [6.07, 6.45) is 36.1. The van der Waals surface area contributed by atoms with Gasteiger partial charge >= 0.3 is 23.9 Å². The standard InChI is InChI=1S/2C18H32O4/c2*19-17(20)15-13-11-9-7-5-3-1-2-4-6-8-10-12-14-16-18(21)22/h2*1-2H,3-16H2,(H,19,20)(H,21,22)/b2-1+;2-1-. The minimum absolute atomic E-state index is 0.302. The first-order valence-corrected chi connectivity index (χ1v) is 17.4. The highest BCUT2D eigenvalue weighted by atomic mass is 16.4. The molecular weight excluding hydrogens is 560 g/mol. The Morgan fingerprint density at radius 1 is 0.273 bits per heavy atom. The molecule has 0 aromatic carbocycles. The molecule has 0 atom stereocenters. The van der Waals surface area contributed by atoms with Crippen molar-refractivity contribution in [2.24, 2.45) is 0 Å². The van der Waals surface area contributed by atoms with Gasteiger partial charge in [-0.05, 0) is 77.0 Å². The molecule has 256 valence electrons. The van der Waals surface area contributed by atoms with Gasteiger partial charge in [-0.15, -0.1) is 0 Å². The number of carbonyl (C=O) groups is 4. The van der Waals surface area contributed by atoms with Crippen LogP contribution in [0.25, 0.3) is 0 Å². The van der Waals surface area contributed by atoms with Gasteiger partial charge in [0, 0.05) is 25.7 Å². The summed E-state index contributed by atoms with van der Waals surface area (Å²) in [5, 5.41) is 34.0. The van der Waals surface area contributed by atoms with Crippen LogP contribution in [-0.4, -0.2) is 44.3 Å². The first kappa shape index (κ1) is 43.5. The van der Waals surface area contributed by atoms with Crippen molar-refractivity contribution in [1.82, 2.24) is 0 Å². The summed E-state index contributed by atoms with van der Waals surface area (Å²) in [4.78, 5) is 41.3. The summed E-state index contributed by atoms with van der Waals surface area (Å²) >= 11 is 0. The Morgan fingerprint density at radius 3 is 0.614 bits per heavy atom. The number of carboxylic acids is 4. The molecule has 0 heterocycles. The first-order chi connectivity index (χ1) is 21.3. The molecular formula is C36H64O8. The van der Waals surface area contributed by atoms with E-state index in [1.165, 1.54) is 51.4 Å². The van der Waals surface area contributed by atoms with Gasteiger partial charge in [0.1, 0.15) is 0 Å². The van der Waals surface area contributed by atoms with Gasteiger partial charge in [-0.1, -0.05) is 101 Å². The van der Waals surface area contributed by atoms with E-state index in [0.29, 0.717) is 25.7 Å². The van der Waals surface area contributed by atoms with Crippen LogP contribution in [0.1, 0.15) is 180 Å². The predicted molar refractivity (Wildman–Crippen MR) is 178 cm³/mol. The van der Waals surface area contributed by atoms with Gasteiger partial charge < -0.3 is 20.4 Å². The lowest BCUT2D eigenvalue weighted by Crippen LogP contribution is -1.93. The molecule has 0 saturated heterocycles. The second kappa shape index (κ2) is 36.6. The van der Waals surface area contributed by atoms with E-state index < -0.39 is 23.9 Å². The van der Waals surface area contributed by atoms with E-state index in [-0.39, 0.29) is 0 Å². The molecule has 0 aliphatic carbocycles. The number of allylic oxidation sites excluding steroid dienone is 4. The van der Waals surface area contributed by atoms with Crippen LogP contribution in [0.15, 0.2) is 24.3 Å². The SMILES string of the molecule is O=C(O)CCCCCCC/C=C/CCCCCCCC(=O)O.O=C(O)CCCCCCC/C=C\CCCCCCCC(=O)O. The fraction of sp³-hybridized carbons (Fsp3) is 0.778. The lowest BCUT2D eigenvalue weighted by Gasteiger charge is -1.99. The van der Waals surface area contributed by atoms with Gasteiger partial charge in [0.05, 0.1) is 0 Å². The fourth-order valence-electron chi connectivity index (χ4n) is 4.75. The third-order valence-corrected chi connectivity index (χ3v) is 7.38. The van der Waals surface area contributed by atoms with Gasteiger partial charge in [-0.3, -0.25) is 19.2 Å². The molecule has 4 N–H and O–H groups in total. The number of aliphatic carboxylic acids is 4. The van der Waals surface area contributed by atoms with E-state index >= 15 is 0 Å². The second-order valence-corrected chi connectivity index (χ2v) is 11.7. The van der Waals surface area contributed by atoms with Crippen LogP contribution in [0.4, 0.5) is 0 Å². The zero-order valence-electron chi connectivity index (χ0n) is 27.5. The Labute approximate surface area is 267 Å². The van der Waals surface area contributed by atoms with Crippen molar-refractivity contribution in [2.75, 3.05) is 0 Å². The molecule has 0 aliphatic heterocycles. The number of unbranched alkanes of at least 4 members (excludes halogenated alkanes) is 20. The van der Waals surface area contributed by atoms with Crippen LogP contribution in [-0.2, 0) is 19.2 Å². The molecule has 0 unspecified atom stereocenters. The molecule has 8 nitrogen and oxygen atoms in total. The minimum atomic E-state index is -0.690. The highest BCUT2D eigenvalue weighted by Gasteiger charge is 1.98. The second-order valence-electron chi connectivity index (χ2n) is 11.7. The van der Waals surface area contributed by atoms with Crippen LogP contribution < -0.4 is 0 Å². The van der Waals surface area contributed by atoms with Crippen LogP contribution in [0.5, 0.6) is 0 Å². The quantitative estimate of drug-likeness (QED) is 0.0426. The normalized spacial score (nSPS) is 11.1. The van der Waals surface area contributed by atoms with E-state index in [4.69, 9.17) is 20.4 Å². The molecule has 0 aromatic rings. The van der Waals surface area contributed by atoms with Gasteiger partial charge in [0.15, 0.2) is 0 Å². The first-order valence-electron chi connectivity index (χ1n) is 17.4. The van der Waals surface area contributed by atoms with Gasteiger partial charge in [0.2, 0.25) is 0 Å². The highest BCUT2D eigenvalue weighted by Crippen LogP contribution is 2.11.